The summed E-state index contributed by atoms with van der Waals surface area (Å²) in [4.78, 5) is 12.0. The maximum Gasteiger partial charge on any atom is 0.232 e. The largest absolute Gasteiger partial charge is 0.395 e. The van der Waals surface area contributed by atoms with Crippen LogP contribution in [0.15, 0.2) is 24.3 Å². The summed E-state index contributed by atoms with van der Waals surface area (Å²) < 4.78 is 0. The first-order valence-corrected chi connectivity index (χ1v) is 5.63. The molecule has 1 aliphatic rings. The van der Waals surface area contributed by atoms with Crippen LogP contribution in [0.5, 0.6) is 0 Å². The third kappa shape index (κ3) is 2.15. The Kier molecular flexibility index (Phi) is 3.12. The van der Waals surface area contributed by atoms with E-state index in [1.165, 1.54) is 0 Å². The zero-order valence-corrected chi connectivity index (χ0v) is 9.44. The zero-order chi connectivity index (χ0) is 12.3. The van der Waals surface area contributed by atoms with Crippen molar-refractivity contribution >= 4 is 11.6 Å². The topological polar surface area (TPSA) is 73.1 Å². The lowest BCUT2D eigenvalue weighted by Crippen LogP contribution is -2.44. The van der Waals surface area contributed by atoms with Gasteiger partial charge in [-0.25, -0.2) is 0 Å². The molecule has 0 unspecified atom stereocenters. The highest BCUT2D eigenvalue weighted by atomic mass is 16.3. The summed E-state index contributed by atoms with van der Waals surface area (Å²) in [7, 11) is 0. The molecule has 2 rings (SSSR count). The van der Waals surface area contributed by atoms with Gasteiger partial charge in [-0.15, -0.1) is 0 Å². The van der Waals surface area contributed by atoms with Gasteiger partial charge in [0.1, 0.15) is 0 Å². The van der Waals surface area contributed by atoms with Crippen LogP contribution < -0.4 is 5.32 Å². The Hall–Kier alpha value is -1.86. The predicted octanol–water partition coefficient (Wildman–Crippen LogP) is 1.66. The minimum Gasteiger partial charge on any atom is -0.395 e. The van der Waals surface area contributed by atoms with Crippen molar-refractivity contribution in [3.8, 4) is 6.07 Å². The van der Waals surface area contributed by atoms with Gasteiger partial charge < -0.3 is 10.4 Å². The first-order chi connectivity index (χ1) is 8.20. The first-order valence-electron chi connectivity index (χ1n) is 5.63. The summed E-state index contributed by atoms with van der Waals surface area (Å²) in [5.74, 6) is -0.152. The van der Waals surface area contributed by atoms with Crippen molar-refractivity contribution in [3.63, 3.8) is 0 Å². The molecule has 0 bridgehead atoms. The first kappa shape index (κ1) is 11.6. The van der Waals surface area contributed by atoms with E-state index < -0.39 is 5.41 Å². The Bertz CT molecular complexity index is 467. The molecule has 1 fully saturated rings. The molecule has 17 heavy (non-hydrogen) atoms. The molecule has 1 aromatic rings. The molecule has 0 atom stereocenters. The molecular weight excluding hydrogens is 216 g/mol. The van der Waals surface area contributed by atoms with Crippen LogP contribution >= 0.6 is 0 Å². The van der Waals surface area contributed by atoms with Crippen molar-refractivity contribution in [2.75, 3.05) is 11.9 Å². The van der Waals surface area contributed by atoms with Gasteiger partial charge in [0.05, 0.1) is 23.7 Å². The van der Waals surface area contributed by atoms with Crippen LogP contribution in [0, 0.1) is 16.7 Å². The van der Waals surface area contributed by atoms with Gasteiger partial charge in [-0.3, -0.25) is 4.79 Å². The number of nitrogens with zero attached hydrogens (tertiary/aromatic N) is 1. The van der Waals surface area contributed by atoms with Crippen molar-refractivity contribution in [1.29, 1.82) is 5.26 Å². The summed E-state index contributed by atoms with van der Waals surface area (Å²) in [6, 6.07) is 8.79. The molecule has 0 radical (unpaired) electrons. The number of rotatable bonds is 3. The van der Waals surface area contributed by atoms with E-state index in [-0.39, 0.29) is 12.5 Å². The van der Waals surface area contributed by atoms with E-state index in [0.29, 0.717) is 11.3 Å². The van der Waals surface area contributed by atoms with Crippen molar-refractivity contribution in [3.05, 3.63) is 29.8 Å². The average molecular weight is 230 g/mol. The number of aliphatic hydroxyl groups is 1. The number of nitriles is 1. The van der Waals surface area contributed by atoms with E-state index >= 15 is 0 Å². The Morgan fingerprint density at radius 2 is 2.29 bits per heavy atom. The van der Waals surface area contributed by atoms with E-state index in [2.05, 4.69) is 5.32 Å². The second-order valence-electron chi connectivity index (χ2n) is 4.44. The van der Waals surface area contributed by atoms with Crippen LogP contribution in [0.2, 0.25) is 0 Å². The predicted molar refractivity (Wildman–Crippen MR) is 63.2 cm³/mol. The van der Waals surface area contributed by atoms with Gasteiger partial charge in [0.2, 0.25) is 5.91 Å². The number of carbonyl (C=O) groups is 1. The second kappa shape index (κ2) is 4.56. The monoisotopic (exact) mass is 230 g/mol. The lowest BCUT2D eigenvalue weighted by atomic mass is 9.68. The molecule has 1 saturated carbocycles. The third-order valence-corrected chi connectivity index (χ3v) is 3.34. The number of amides is 1. The molecule has 1 amide bonds. The molecule has 2 N–H and O–H groups in total. The van der Waals surface area contributed by atoms with Crippen molar-refractivity contribution in [2.45, 2.75) is 19.3 Å². The van der Waals surface area contributed by atoms with E-state index in [1.54, 1.807) is 24.3 Å². The van der Waals surface area contributed by atoms with E-state index in [9.17, 15) is 9.90 Å². The van der Waals surface area contributed by atoms with E-state index in [1.807, 2.05) is 6.07 Å². The third-order valence-electron chi connectivity index (χ3n) is 3.34. The Balaban J connectivity index is 2.10. The number of anilines is 1. The van der Waals surface area contributed by atoms with Gasteiger partial charge in [0.25, 0.3) is 0 Å². The summed E-state index contributed by atoms with van der Waals surface area (Å²) in [5, 5.41) is 20.8. The fourth-order valence-electron chi connectivity index (χ4n) is 1.99. The fourth-order valence-corrected chi connectivity index (χ4v) is 1.99. The lowest BCUT2D eigenvalue weighted by molar-refractivity contribution is -0.133. The molecule has 1 aliphatic carbocycles. The van der Waals surface area contributed by atoms with E-state index in [4.69, 9.17) is 5.26 Å². The van der Waals surface area contributed by atoms with Crippen LogP contribution in [0.3, 0.4) is 0 Å². The Labute approximate surface area is 99.9 Å². The van der Waals surface area contributed by atoms with Gasteiger partial charge in [-0.2, -0.15) is 5.26 Å². The SMILES string of the molecule is N#Cc1cccc(NC(=O)C2(CO)CCC2)c1. The normalized spacial score (nSPS) is 16.7. The number of carbonyl (C=O) groups excluding carboxylic acids is 1. The van der Waals surface area contributed by atoms with Crippen molar-refractivity contribution < 1.29 is 9.90 Å². The molecule has 0 aromatic heterocycles. The average Bonchev–Trinajstić information content (AvgIpc) is 2.28. The molecule has 0 saturated heterocycles. The highest BCUT2D eigenvalue weighted by Gasteiger charge is 2.43. The summed E-state index contributed by atoms with van der Waals surface area (Å²) in [5.41, 5.74) is 0.506. The minimum absolute atomic E-state index is 0.114. The standard InChI is InChI=1S/C13H14N2O2/c14-8-10-3-1-4-11(7-10)15-12(17)13(9-16)5-2-6-13/h1,3-4,7,16H,2,5-6,9H2,(H,15,17). The summed E-state index contributed by atoms with van der Waals surface area (Å²) >= 11 is 0. The molecule has 88 valence electrons. The van der Waals surface area contributed by atoms with Gasteiger partial charge in [-0.1, -0.05) is 12.5 Å². The number of benzene rings is 1. The maximum atomic E-state index is 12.0. The fraction of sp³-hybridized carbons (Fsp3) is 0.385. The van der Waals surface area contributed by atoms with Crippen LogP contribution in [0.25, 0.3) is 0 Å². The molecule has 0 aliphatic heterocycles. The smallest absolute Gasteiger partial charge is 0.232 e. The van der Waals surface area contributed by atoms with Crippen LogP contribution in [-0.2, 0) is 4.79 Å². The van der Waals surface area contributed by atoms with Crippen LogP contribution in [0.4, 0.5) is 5.69 Å². The van der Waals surface area contributed by atoms with Gasteiger partial charge in [-0.05, 0) is 31.0 Å². The van der Waals surface area contributed by atoms with Gasteiger partial charge in [0, 0.05) is 5.69 Å². The number of hydrogen-bond donors (Lipinski definition) is 2. The quantitative estimate of drug-likeness (QED) is 0.829. The van der Waals surface area contributed by atoms with Crippen molar-refractivity contribution in [1.82, 2.24) is 0 Å². The lowest BCUT2D eigenvalue weighted by Gasteiger charge is -2.38. The molecular formula is C13H14N2O2. The molecule has 0 heterocycles. The Morgan fingerprint density at radius 1 is 1.53 bits per heavy atom. The molecule has 0 spiro atoms. The second-order valence-corrected chi connectivity index (χ2v) is 4.44. The van der Waals surface area contributed by atoms with Crippen LogP contribution in [-0.4, -0.2) is 17.6 Å². The van der Waals surface area contributed by atoms with Crippen molar-refractivity contribution in [2.24, 2.45) is 5.41 Å². The number of aliphatic hydroxyl groups excluding tert-OH is 1. The summed E-state index contributed by atoms with van der Waals surface area (Å²) in [6.45, 7) is -0.114. The molecule has 4 nitrogen and oxygen atoms in total. The highest BCUT2D eigenvalue weighted by Crippen LogP contribution is 2.41. The number of hydrogen-bond acceptors (Lipinski definition) is 3. The van der Waals surface area contributed by atoms with Gasteiger partial charge >= 0.3 is 0 Å². The van der Waals surface area contributed by atoms with Crippen LogP contribution in [0.1, 0.15) is 24.8 Å². The zero-order valence-electron chi connectivity index (χ0n) is 9.44. The molecule has 1 aromatic carbocycles. The highest BCUT2D eigenvalue weighted by molar-refractivity contribution is 5.96. The van der Waals surface area contributed by atoms with E-state index in [0.717, 1.165) is 19.3 Å². The van der Waals surface area contributed by atoms with Gasteiger partial charge in [0.15, 0.2) is 0 Å². The molecule has 4 heteroatoms. The maximum absolute atomic E-state index is 12.0. The number of nitrogens with one attached hydrogen (secondary N) is 1. The summed E-state index contributed by atoms with van der Waals surface area (Å²) in [6.07, 6.45) is 2.44. The minimum atomic E-state index is -0.608. The Morgan fingerprint density at radius 3 is 2.82 bits per heavy atom.